The van der Waals surface area contributed by atoms with Crippen molar-refractivity contribution in [2.75, 3.05) is 38.1 Å². The molecule has 0 atom stereocenters. The molecule has 34 heavy (non-hydrogen) atoms. The summed E-state index contributed by atoms with van der Waals surface area (Å²) in [5.41, 5.74) is 2.39. The lowest BCUT2D eigenvalue weighted by Crippen LogP contribution is -2.09. The highest BCUT2D eigenvalue weighted by Gasteiger charge is 2.49. The molecule has 9 nitrogen and oxygen atoms in total. The zero-order valence-electron chi connectivity index (χ0n) is 18.7. The zero-order chi connectivity index (χ0) is 23.7. The van der Waals surface area contributed by atoms with E-state index in [-0.39, 0.29) is 18.0 Å². The molecule has 0 bridgehead atoms. The minimum Gasteiger partial charge on any atom is -0.450 e. The molecule has 5 rings (SSSR count). The summed E-state index contributed by atoms with van der Waals surface area (Å²) in [6, 6.07) is 21.8. The van der Waals surface area contributed by atoms with E-state index in [1.807, 2.05) is 69.8 Å². The molecular formula is C24H25N4O5P. The highest BCUT2D eigenvalue weighted by molar-refractivity contribution is 7.54. The van der Waals surface area contributed by atoms with Crippen LogP contribution in [0.5, 0.6) is 11.5 Å². The number of nitro benzene ring substituents is 1. The smallest absolute Gasteiger partial charge is 0.346 e. The molecule has 0 N–H and O–H groups in total. The van der Waals surface area contributed by atoms with Crippen molar-refractivity contribution in [2.24, 2.45) is 0 Å². The third kappa shape index (κ3) is 4.83. The van der Waals surface area contributed by atoms with Crippen LogP contribution in [0.2, 0.25) is 0 Å². The first kappa shape index (κ1) is 22.6. The summed E-state index contributed by atoms with van der Waals surface area (Å²) in [5, 5.41) is 11.6. The Balaban J connectivity index is 1.36. The third-order valence-electron chi connectivity index (χ3n) is 5.76. The van der Waals surface area contributed by atoms with E-state index in [0.29, 0.717) is 11.3 Å². The fourth-order valence-electron chi connectivity index (χ4n) is 3.66. The van der Waals surface area contributed by atoms with Crippen LogP contribution in [0.25, 0.3) is 0 Å². The summed E-state index contributed by atoms with van der Waals surface area (Å²) in [5.74, 6) is 0.583. The van der Waals surface area contributed by atoms with Gasteiger partial charge in [0.25, 0.3) is 0 Å². The van der Waals surface area contributed by atoms with Gasteiger partial charge in [-0.3, -0.25) is 14.7 Å². The number of para-hydroxylation sites is 1. The maximum atomic E-state index is 13.2. The van der Waals surface area contributed by atoms with Gasteiger partial charge in [0.1, 0.15) is 5.75 Å². The van der Waals surface area contributed by atoms with Gasteiger partial charge in [-0.1, -0.05) is 24.3 Å². The SMILES string of the molecule is CN(c1ccccc1)c1cccc(Oc2cc(COP(=O)(N3CC3)N3CC3)ccc2[N+](=O)[O-])c1. The van der Waals surface area contributed by atoms with E-state index in [1.54, 1.807) is 18.2 Å². The van der Waals surface area contributed by atoms with Crippen molar-refractivity contribution in [2.45, 2.75) is 6.61 Å². The fraction of sp³-hybridized carbons (Fsp3) is 0.250. The second-order valence-electron chi connectivity index (χ2n) is 8.22. The van der Waals surface area contributed by atoms with Gasteiger partial charge in [0, 0.05) is 56.7 Å². The van der Waals surface area contributed by atoms with Crippen LogP contribution in [0.1, 0.15) is 5.56 Å². The maximum absolute atomic E-state index is 13.2. The Kier molecular flexibility index (Phi) is 6.10. The van der Waals surface area contributed by atoms with Crippen LogP contribution >= 0.6 is 7.67 Å². The van der Waals surface area contributed by atoms with Gasteiger partial charge in [0.15, 0.2) is 0 Å². The lowest BCUT2D eigenvalue weighted by molar-refractivity contribution is -0.385. The van der Waals surface area contributed by atoms with E-state index in [4.69, 9.17) is 9.26 Å². The number of rotatable bonds is 10. The van der Waals surface area contributed by atoms with Crippen molar-refractivity contribution in [1.29, 1.82) is 0 Å². The predicted octanol–water partition coefficient (Wildman–Crippen LogP) is 5.41. The van der Waals surface area contributed by atoms with Crippen molar-refractivity contribution in [1.82, 2.24) is 9.34 Å². The van der Waals surface area contributed by atoms with E-state index in [0.717, 1.165) is 37.6 Å². The van der Waals surface area contributed by atoms with E-state index in [2.05, 4.69) is 0 Å². The fourth-order valence-corrected chi connectivity index (χ4v) is 5.85. The molecule has 2 saturated heterocycles. The lowest BCUT2D eigenvalue weighted by atomic mass is 10.2. The number of hydrogen-bond donors (Lipinski definition) is 0. The highest BCUT2D eigenvalue weighted by Crippen LogP contribution is 2.61. The zero-order valence-corrected chi connectivity index (χ0v) is 19.6. The van der Waals surface area contributed by atoms with Crippen LogP contribution in [-0.2, 0) is 15.7 Å². The molecule has 0 amide bonds. The summed E-state index contributed by atoms with van der Waals surface area (Å²) < 4.78 is 28.6. The predicted molar refractivity (Wildman–Crippen MR) is 130 cm³/mol. The molecule has 0 radical (unpaired) electrons. The van der Waals surface area contributed by atoms with Crippen LogP contribution in [0.15, 0.2) is 72.8 Å². The Bertz CT molecular complexity index is 1230. The van der Waals surface area contributed by atoms with Crippen molar-refractivity contribution in [3.8, 4) is 11.5 Å². The van der Waals surface area contributed by atoms with Gasteiger partial charge >= 0.3 is 13.4 Å². The largest absolute Gasteiger partial charge is 0.450 e. The molecule has 0 aliphatic carbocycles. The first-order valence-corrected chi connectivity index (χ1v) is 12.6. The number of ether oxygens (including phenoxy) is 1. The van der Waals surface area contributed by atoms with Crippen LogP contribution in [0, 0.1) is 10.1 Å². The number of benzene rings is 3. The summed E-state index contributed by atoms with van der Waals surface area (Å²) in [7, 11) is -1.04. The van der Waals surface area contributed by atoms with Crippen molar-refractivity contribution < 1.29 is 18.7 Å². The molecule has 2 heterocycles. The van der Waals surface area contributed by atoms with Gasteiger partial charge in [0.2, 0.25) is 5.75 Å². The Labute approximate surface area is 197 Å². The average molecular weight is 480 g/mol. The van der Waals surface area contributed by atoms with Crippen molar-refractivity contribution in [3.05, 3.63) is 88.5 Å². The molecule has 2 aliphatic heterocycles. The second kappa shape index (κ2) is 9.19. The Hall–Kier alpha value is -3.23. The normalized spacial score (nSPS) is 15.7. The maximum Gasteiger partial charge on any atom is 0.346 e. The van der Waals surface area contributed by atoms with E-state index in [9.17, 15) is 14.7 Å². The number of nitro groups is 1. The molecule has 10 heteroatoms. The average Bonchev–Trinajstić information content (AvgIpc) is 3.75. The van der Waals surface area contributed by atoms with E-state index >= 15 is 0 Å². The quantitative estimate of drug-likeness (QED) is 0.165. The molecule has 176 valence electrons. The Morgan fingerprint density at radius 2 is 1.62 bits per heavy atom. The molecule has 2 aliphatic rings. The molecule has 0 spiro atoms. The molecule has 0 unspecified atom stereocenters. The van der Waals surface area contributed by atoms with Gasteiger partial charge in [-0.05, 0) is 42.0 Å². The third-order valence-corrected chi connectivity index (χ3v) is 8.45. The Morgan fingerprint density at radius 3 is 2.26 bits per heavy atom. The van der Waals surface area contributed by atoms with Crippen molar-refractivity contribution in [3.63, 3.8) is 0 Å². The van der Waals surface area contributed by atoms with E-state index in [1.165, 1.54) is 6.07 Å². The van der Waals surface area contributed by atoms with Gasteiger partial charge in [-0.2, -0.15) is 0 Å². The molecular weight excluding hydrogens is 455 g/mol. The van der Waals surface area contributed by atoms with Crippen LogP contribution < -0.4 is 9.64 Å². The standard InChI is InChI=1S/C24H25N4O5P/c1-25(20-6-3-2-4-7-20)21-8-5-9-22(17-21)33-24-16-19(10-11-23(24)28(29)30)18-32-34(31,26-12-13-26)27-14-15-27/h2-11,16-17H,12-15,18H2,1H3. The summed E-state index contributed by atoms with van der Waals surface area (Å²) >= 11 is 0. The van der Waals surface area contributed by atoms with Gasteiger partial charge in [0.05, 0.1) is 11.5 Å². The summed E-state index contributed by atoms with van der Waals surface area (Å²) in [4.78, 5) is 13.2. The van der Waals surface area contributed by atoms with Crippen LogP contribution in [0.4, 0.5) is 17.1 Å². The highest BCUT2D eigenvalue weighted by atomic mass is 31.2. The van der Waals surface area contributed by atoms with Crippen LogP contribution in [-0.4, -0.2) is 47.5 Å². The number of nitrogens with zero attached hydrogens (tertiary/aromatic N) is 4. The molecule has 0 saturated carbocycles. The minimum absolute atomic E-state index is 0.0788. The molecule has 2 fully saturated rings. The summed E-state index contributed by atoms with van der Waals surface area (Å²) in [6.45, 7) is 3.12. The minimum atomic E-state index is -2.98. The van der Waals surface area contributed by atoms with E-state index < -0.39 is 12.6 Å². The number of anilines is 2. The first-order valence-electron chi connectivity index (χ1n) is 11.0. The first-order chi connectivity index (χ1) is 16.4. The molecule has 3 aromatic carbocycles. The number of hydrogen-bond acceptors (Lipinski definition) is 6. The summed E-state index contributed by atoms with van der Waals surface area (Å²) in [6.07, 6.45) is 0. The lowest BCUT2D eigenvalue weighted by Gasteiger charge is -2.20. The molecule has 0 aromatic heterocycles. The molecule has 3 aromatic rings. The second-order valence-corrected chi connectivity index (χ2v) is 10.6. The van der Waals surface area contributed by atoms with Gasteiger partial charge in [-0.25, -0.2) is 9.34 Å². The monoisotopic (exact) mass is 480 g/mol. The van der Waals surface area contributed by atoms with Crippen LogP contribution in [0.3, 0.4) is 0 Å². The van der Waals surface area contributed by atoms with Crippen molar-refractivity contribution >= 4 is 24.7 Å². The van der Waals surface area contributed by atoms with Gasteiger partial charge in [-0.15, -0.1) is 0 Å². The Morgan fingerprint density at radius 1 is 0.941 bits per heavy atom. The topological polar surface area (TPSA) is 87.9 Å². The van der Waals surface area contributed by atoms with Gasteiger partial charge < -0.3 is 14.2 Å².